The van der Waals surface area contributed by atoms with Crippen LogP contribution in [-0.2, 0) is 11.4 Å². The molecule has 2 aliphatic heterocycles. The Kier molecular flexibility index (Phi) is 7.15. The maximum absolute atomic E-state index is 13.2. The normalized spacial score (nSPS) is 17.6. The fourth-order valence-electron chi connectivity index (χ4n) is 4.48. The van der Waals surface area contributed by atoms with Gasteiger partial charge in [0.25, 0.3) is 0 Å². The fourth-order valence-corrected chi connectivity index (χ4v) is 5.94. The first kappa shape index (κ1) is 24.6. The maximum Gasteiger partial charge on any atom is 0.229 e. The van der Waals surface area contributed by atoms with Crippen LogP contribution in [0.5, 0.6) is 5.75 Å². The summed E-state index contributed by atoms with van der Waals surface area (Å²) in [6.45, 7) is 2.81. The number of hydrogen-bond donors (Lipinski definition) is 0. The second-order valence-corrected chi connectivity index (χ2v) is 10.5. The molecule has 3 aromatic rings. The van der Waals surface area contributed by atoms with Gasteiger partial charge in [0.15, 0.2) is 0 Å². The fraction of sp³-hybridized carbons (Fsp3) is 0.214. The molecule has 1 unspecified atom stereocenters. The van der Waals surface area contributed by atoms with Gasteiger partial charge in [-0.25, -0.2) is 0 Å². The number of amides is 1. The Morgan fingerprint density at radius 3 is 2.56 bits per heavy atom. The van der Waals surface area contributed by atoms with Crippen molar-refractivity contribution in [1.82, 2.24) is 4.90 Å². The van der Waals surface area contributed by atoms with E-state index >= 15 is 0 Å². The number of benzene rings is 3. The van der Waals surface area contributed by atoms with Gasteiger partial charge in [0.05, 0.1) is 29.2 Å². The van der Waals surface area contributed by atoms with Crippen LogP contribution in [0.25, 0.3) is 0 Å². The number of carbonyl (C=O) groups is 1. The molecule has 1 amide bonds. The molecule has 1 fully saturated rings. The molecule has 5 rings (SSSR count). The molecule has 1 atom stereocenters. The lowest BCUT2D eigenvalue weighted by molar-refractivity contribution is -0.129. The molecule has 2 aliphatic rings. The van der Waals surface area contributed by atoms with Gasteiger partial charge in [0.1, 0.15) is 12.4 Å². The van der Waals surface area contributed by atoms with Crippen LogP contribution in [0.3, 0.4) is 0 Å². The van der Waals surface area contributed by atoms with Crippen molar-refractivity contribution in [2.24, 2.45) is 0 Å². The van der Waals surface area contributed by atoms with Crippen molar-refractivity contribution in [3.05, 3.63) is 104 Å². The lowest BCUT2D eigenvalue weighted by atomic mass is 9.86. The summed E-state index contributed by atoms with van der Waals surface area (Å²) in [5, 5.41) is 12.2. The number of nitriles is 1. The zero-order valence-electron chi connectivity index (χ0n) is 19.6. The van der Waals surface area contributed by atoms with E-state index in [0.717, 1.165) is 33.2 Å². The number of rotatable bonds is 5. The van der Waals surface area contributed by atoms with E-state index in [1.54, 1.807) is 4.90 Å². The highest BCUT2D eigenvalue weighted by Crippen LogP contribution is 2.44. The van der Waals surface area contributed by atoms with Gasteiger partial charge < -0.3 is 9.64 Å². The lowest BCUT2D eigenvalue weighted by Crippen LogP contribution is -2.47. The summed E-state index contributed by atoms with van der Waals surface area (Å²) in [7, 11) is 0. The van der Waals surface area contributed by atoms with E-state index in [2.05, 4.69) is 11.0 Å². The molecule has 0 aromatic heterocycles. The minimum atomic E-state index is -0.272. The van der Waals surface area contributed by atoms with Gasteiger partial charge in [-0.2, -0.15) is 5.26 Å². The van der Waals surface area contributed by atoms with Crippen LogP contribution in [0, 0.1) is 18.3 Å². The van der Waals surface area contributed by atoms with E-state index in [1.165, 1.54) is 11.8 Å². The van der Waals surface area contributed by atoms with Crippen LogP contribution in [0.4, 0.5) is 5.69 Å². The number of thioether (sulfide) groups is 1. The lowest BCUT2D eigenvalue weighted by Gasteiger charge is -2.42. The Balaban J connectivity index is 1.33. The van der Waals surface area contributed by atoms with Gasteiger partial charge in [0.2, 0.25) is 5.91 Å². The number of nitrogens with zero attached hydrogens (tertiary/aromatic N) is 3. The monoisotopic (exact) mass is 535 g/mol. The Labute approximate surface area is 224 Å². The van der Waals surface area contributed by atoms with E-state index < -0.39 is 0 Å². The zero-order chi connectivity index (χ0) is 25.2. The summed E-state index contributed by atoms with van der Waals surface area (Å²) in [6.07, 6.45) is 0.250. The van der Waals surface area contributed by atoms with Crippen LogP contribution in [0.2, 0.25) is 10.0 Å². The Morgan fingerprint density at radius 2 is 1.83 bits per heavy atom. The average molecular weight is 536 g/mol. The van der Waals surface area contributed by atoms with E-state index in [1.807, 2.05) is 73.7 Å². The van der Waals surface area contributed by atoms with E-state index in [-0.39, 0.29) is 18.2 Å². The SMILES string of the molecule is Cc1c(Cl)cccc1N1CSC2=C(C#N)C(c3ccc(OCc4ccc(Cl)cc4)cc3)CC(=O)N2C1. The molecule has 1 saturated heterocycles. The number of allylic oxidation sites excluding steroid dienone is 1. The molecule has 182 valence electrons. The van der Waals surface area contributed by atoms with Crippen molar-refractivity contribution in [3.63, 3.8) is 0 Å². The van der Waals surface area contributed by atoms with Gasteiger partial charge in [-0.15, -0.1) is 0 Å². The highest BCUT2D eigenvalue weighted by atomic mass is 35.5. The van der Waals surface area contributed by atoms with Crippen molar-refractivity contribution in [2.75, 3.05) is 17.4 Å². The summed E-state index contributed by atoms with van der Waals surface area (Å²) in [6, 6.07) is 23.4. The molecule has 0 N–H and O–H groups in total. The maximum atomic E-state index is 13.2. The Morgan fingerprint density at radius 1 is 1.08 bits per heavy atom. The topological polar surface area (TPSA) is 56.6 Å². The summed E-state index contributed by atoms with van der Waals surface area (Å²) in [4.78, 5) is 17.1. The van der Waals surface area contributed by atoms with Crippen LogP contribution in [0.1, 0.15) is 29.0 Å². The first-order valence-corrected chi connectivity index (χ1v) is 13.2. The first-order chi connectivity index (χ1) is 17.4. The van der Waals surface area contributed by atoms with Crippen molar-refractivity contribution in [3.8, 4) is 11.8 Å². The second kappa shape index (κ2) is 10.5. The molecule has 0 bridgehead atoms. The highest BCUT2D eigenvalue weighted by molar-refractivity contribution is 8.03. The van der Waals surface area contributed by atoms with Crippen LogP contribution >= 0.6 is 35.0 Å². The average Bonchev–Trinajstić information content (AvgIpc) is 2.90. The van der Waals surface area contributed by atoms with E-state index in [9.17, 15) is 10.1 Å². The minimum absolute atomic E-state index is 0.00828. The standard InChI is InChI=1S/C28H23Cl2N3O2S/c1-18-25(30)3-2-4-26(18)32-16-33-27(34)13-23(24(14-31)28(33)36-17-32)20-7-11-22(12-8-20)35-15-19-5-9-21(29)10-6-19/h2-12,23H,13,15-17H2,1H3. The molecule has 3 aromatic carbocycles. The molecule has 0 radical (unpaired) electrons. The number of anilines is 1. The van der Waals surface area contributed by atoms with Crippen LogP contribution in [-0.4, -0.2) is 23.4 Å². The summed E-state index contributed by atoms with van der Waals surface area (Å²) in [5.41, 5.74) is 4.57. The zero-order valence-corrected chi connectivity index (χ0v) is 21.9. The molecule has 8 heteroatoms. The minimum Gasteiger partial charge on any atom is -0.489 e. The van der Waals surface area contributed by atoms with Crippen molar-refractivity contribution in [2.45, 2.75) is 25.9 Å². The van der Waals surface area contributed by atoms with Crippen LogP contribution < -0.4 is 9.64 Å². The molecule has 5 nitrogen and oxygen atoms in total. The predicted octanol–water partition coefficient (Wildman–Crippen LogP) is 7.10. The van der Waals surface area contributed by atoms with Gasteiger partial charge in [-0.05, 0) is 60.0 Å². The van der Waals surface area contributed by atoms with Crippen LogP contribution in [0.15, 0.2) is 77.3 Å². The van der Waals surface area contributed by atoms with Gasteiger partial charge in [-0.3, -0.25) is 9.69 Å². The number of fused-ring (bicyclic) bond motifs is 1. The summed E-state index contributed by atoms with van der Waals surface area (Å²) >= 11 is 13.8. The van der Waals surface area contributed by atoms with E-state index in [0.29, 0.717) is 34.8 Å². The van der Waals surface area contributed by atoms with Crippen molar-refractivity contribution < 1.29 is 9.53 Å². The van der Waals surface area contributed by atoms with Gasteiger partial charge in [0, 0.05) is 28.1 Å². The summed E-state index contributed by atoms with van der Waals surface area (Å²) < 4.78 is 5.89. The number of carbonyl (C=O) groups excluding carboxylic acids is 1. The first-order valence-electron chi connectivity index (χ1n) is 11.5. The third-order valence-corrected chi connectivity index (χ3v) is 8.29. The molecule has 36 heavy (non-hydrogen) atoms. The third-order valence-electron chi connectivity index (χ3n) is 6.47. The largest absolute Gasteiger partial charge is 0.489 e. The highest BCUT2D eigenvalue weighted by Gasteiger charge is 2.38. The van der Waals surface area contributed by atoms with Gasteiger partial charge >= 0.3 is 0 Å². The smallest absolute Gasteiger partial charge is 0.229 e. The third kappa shape index (κ3) is 4.92. The Hall–Kier alpha value is -3.11. The van der Waals surface area contributed by atoms with E-state index in [4.69, 9.17) is 27.9 Å². The van der Waals surface area contributed by atoms with Gasteiger partial charge in [-0.1, -0.05) is 65.3 Å². The Bertz CT molecular complexity index is 1370. The molecular weight excluding hydrogens is 513 g/mol. The quantitative estimate of drug-likeness (QED) is 0.348. The van der Waals surface area contributed by atoms with Crippen molar-refractivity contribution >= 4 is 46.6 Å². The second-order valence-electron chi connectivity index (χ2n) is 8.73. The number of halogens is 2. The number of hydrogen-bond acceptors (Lipinski definition) is 5. The molecule has 0 saturated carbocycles. The number of ether oxygens (including phenoxy) is 1. The molecular formula is C28H23Cl2N3O2S. The molecule has 0 aliphatic carbocycles. The predicted molar refractivity (Wildman–Crippen MR) is 145 cm³/mol. The summed E-state index contributed by atoms with van der Waals surface area (Å²) in [5.74, 6) is 1.10. The molecule has 2 heterocycles. The molecule has 0 spiro atoms. The van der Waals surface area contributed by atoms with Crippen molar-refractivity contribution in [1.29, 1.82) is 5.26 Å².